The Bertz CT molecular complexity index is 655. The molecule has 0 bridgehead atoms. The minimum Gasteiger partial charge on any atom is -0.459 e. The highest BCUT2D eigenvalue weighted by molar-refractivity contribution is 6.01. The maximum Gasteiger partial charge on any atom is 0.327 e. The lowest BCUT2D eigenvalue weighted by atomic mass is 9.73. The van der Waals surface area contributed by atoms with Crippen LogP contribution in [0.3, 0.4) is 0 Å². The first kappa shape index (κ1) is 22.4. The molecule has 0 aromatic heterocycles. The van der Waals surface area contributed by atoms with Gasteiger partial charge in [0.25, 0.3) is 0 Å². The number of ether oxygens (including phenoxy) is 4. The molecule has 28 heavy (non-hydrogen) atoms. The molecule has 1 saturated heterocycles. The van der Waals surface area contributed by atoms with Crippen LogP contribution in [0.25, 0.3) is 0 Å². The van der Waals surface area contributed by atoms with Crippen molar-refractivity contribution in [3.05, 3.63) is 35.9 Å². The molecule has 1 aliphatic rings. The van der Waals surface area contributed by atoms with E-state index in [0.29, 0.717) is 12.0 Å². The maximum absolute atomic E-state index is 13.4. The Morgan fingerprint density at radius 2 is 1.46 bits per heavy atom. The summed E-state index contributed by atoms with van der Waals surface area (Å²) in [7, 11) is 1.54. The SMILES string of the molecule is CO[C@H]1CCC(C(=O)OC(C)(C)C)(C(=O)OC(C)(C)C)[C@H](c2ccccc2)O1. The molecule has 0 saturated carbocycles. The first-order valence-electron chi connectivity index (χ1n) is 9.59. The predicted octanol–water partition coefficient (Wildman–Crippen LogP) is 4.18. The van der Waals surface area contributed by atoms with Crippen molar-refractivity contribution in [2.24, 2.45) is 5.41 Å². The van der Waals surface area contributed by atoms with Gasteiger partial charge in [-0.2, -0.15) is 0 Å². The van der Waals surface area contributed by atoms with Crippen LogP contribution in [0.4, 0.5) is 0 Å². The van der Waals surface area contributed by atoms with Crippen LogP contribution in [0.2, 0.25) is 0 Å². The Morgan fingerprint density at radius 1 is 0.964 bits per heavy atom. The molecule has 0 radical (unpaired) electrons. The summed E-state index contributed by atoms with van der Waals surface area (Å²) in [6, 6.07) is 9.19. The van der Waals surface area contributed by atoms with E-state index in [1.165, 1.54) is 0 Å². The molecular formula is C22H32O6. The molecule has 1 aromatic carbocycles. The zero-order chi connectivity index (χ0) is 21.2. The molecule has 1 fully saturated rings. The fourth-order valence-corrected chi connectivity index (χ4v) is 3.22. The summed E-state index contributed by atoms with van der Waals surface area (Å²) in [5.74, 6) is -1.28. The molecule has 0 aliphatic carbocycles. The van der Waals surface area contributed by atoms with E-state index in [1.54, 1.807) is 48.7 Å². The minimum atomic E-state index is -1.61. The largest absolute Gasteiger partial charge is 0.459 e. The fourth-order valence-electron chi connectivity index (χ4n) is 3.22. The van der Waals surface area contributed by atoms with E-state index in [0.717, 1.165) is 0 Å². The van der Waals surface area contributed by atoms with Crippen molar-refractivity contribution in [2.75, 3.05) is 7.11 Å². The number of hydrogen-bond donors (Lipinski definition) is 0. The molecule has 156 valence electrons. The third kappa shape index (κ3) is 5.11. The van der Waals surface area contributed by atoms with Crippen molar-refractivity contribution in [3.8, 4) is 0 Å². The number of esters is 2. The van der Waals surface area contributed by atoms with Gasteiger partial charge >= 0.3 is 11.9 Å². The third-order valence-corrected chi connectivity index (χ3v) is 4.40. The van der Waals surface area contributed by atoms with Crippen molar-refractivity contribution < 1.29 is 28.5 Å². The van der Waals surface area contributed by atoms with Gasteiger partial charge in [-0.3, -0.25) is 9.59 Å². The van der Waals surface area contributed by atoms with Gasteiger partial charge < -0.3 is 18.9 Å². The lowest BCUT2D eigenvalue weighted by Crippen LogP contribution is -2.54. The number of carbonyl (C=O) groups excluding carboxylic acids is 2. The summed E-state index contributed by atoms with van der Waals surface area (Å²) in [4.78, 5) is 26.8. The number of rotatable bonds is 4. The summed E-state index contributed by atoms with van der Waals surface area (Å²) in [6.07, 6.45) is -0.826. The Labute approximate surface area is 167 Å². The van der Waals surface area contributed by atoms with E-state index in [4.69, 9.17) is 18.9 Å². The molecule has 1 heterocycles. The van der Waals surface area contributed by atoms with Gasteiger partial charge in [0.05, 0.1) is 0 Å². The monoisotopic (exact) mass is 392 g/mol. The maximum atomic E-state index is 13.4. The topological polar surface area (TPSA) is 71.1 Å². The molecule has 0 spiro atoms. The zero-order valence-corrected chi connectivity index (χ0v) is 17.9. The molecule has 0 unspecified atom stereocenters. The summed E-state index contributed by atoms with van der Waals surface area (Å²) in [5.41, 5.74) is -2.44. The van der Waals surface area contributed by atoms with Gasteiger partial charge in [-0.25, -0.2) is 0 Å². The number of benzene rings is 1. The third-order valence-electron chi connectivity index (χ3n) is 4.40. The lowest BCUT2D eigenvalue weighted by Gasteiger charge is -2.44. The Hall–Kier alpha value is -1.92. The van der Waals surface area contributed by atoms with E-state index >= 15 is 0 Å². The van der Waals surface area contributed by atoms with Crippen LogP contribution in [0.15, 0.2) is 30.3 Å². The number of carbonyl (C=O) groups is 2. The van der Waals surface area contributed by atoms with Crippen LogP contribution in [-0.2, 0) is 28.5 Å². The molecule has 2 atom stereocenters. The Morgan fingerprint density at radius 3 is 1.89 bits per heavy atom. The quantitative estimate of drug-likeness (QED) is 0.565. The first-order chi connectivity index (χ1) is 12.9. The van der Waals surface area contributed by atoms with Gasteiger partial charge in [0, 0.05) is 13.5 Å². The predicted molar refractivity (Wildman–Crippen MR) is 104 cm³/mol. The Balaban J connectivity index is 2.58. The number of methoxy groups -OCH3 is 1. The van der Waals surface area contributed by atoms with Gasteiger partial charge in [0.1, 0.15) is 17.3 Å². The smallest absolute Gasteiger partial charge is 0.327 e. The van der Waals surface area contributed by atoms with Crippen LogP contribution in [0, 0.1) is 5.41 Å². The lowest BCUT2D eigenvalue weighted by molar-refractivity contribution is -0.243. The molecule has 1 aromatic rings. The molecule has 0 N–H and O–H groups in total. The first-order valence-corrected chi connectivity index (χ1v) is 9.59. The summed E-state index contributed by atoms with van der Waals surface area (Å²) in [6.45, 7) is 10.6. The molecule has 6 heteroatoms. The van der Waals surface area contributed by atoms with Crippen LogP contribution in [-0.4, -0.2) is 36.5 Å². The second-order valence-electron chi connectivity index (χ2n) is 9.11. The fraction of sp³-hybridized carbons (Fsp3) is 0.636. The Kier molecular flexibility index (Phi) is 6.56. The summed E-state index contributed by atoms with van der Waals surface area (Å²) < 4.78 is 22.8. The van der Waals surface area contributed by atoms with Crippen LogP contribution < -0.4 is 0 Å². The highest BCUT2D eigenvalue weighted by atomic mass is 16.7. The van der Waals surface area contributed by atoms with Gasteiger partial charge in [-0.1, -0.05) is 30.3 Å². The normalized spacial score (nSPS) is 22.4. The second kappa shape index (κ2) is 8.21. The van der Waals surface area contributed by atoms with E-state index in [9.17, 15) is 9.59 Å². The minimum absolute atomic E-state index is 0.203. The van der Waals surface area contributed by atoms with Gasteiger partial charge in [0.2, 0.25) is 0 Å². The highest BCUT2D eigenvalue weighted by Crippen LogP contribution is 2.49. The van der Waals surface area contributed by atoms with Crippen molar-refractivity contribution in [2.45, 2.75) is 78.0 Å². The van der Waals surface area contributed by atoms with Crippen molar-refractivity contribution in [3.63, 3.8) is 0 Å². The average molecular weight is 392 g/mol. The molecular weight excluding hydrogens is 360 g/mol. The van der Waals surface area contributed by atoms with E-state index in [2.05, 4.69) is 0 Å². The molecule has 6 nitrogen and oxygen atoms in total. The van der Waals surface area contributed by atoms with Crippen molar-refractivity contribution >= 4 is 11.9 Å². The van der Waals surface area contributed by atoms with Gasteiger partial charge in [-0.05, 0) is 53.5 Å². The standard InChI is InChI=1S/C22H32O6/c1-20(2,3)27-18(23)22(19(24)28-21(4,5)6)14-13-16(25-7)26-17(22)15-11-9-8-10-12-15/h8-12,16-17H,13-14H2,1-7H3/t16-,17+/m1/s1. The summed E-state index contributed by atoms with van der Waals surface area (Å²) in [5, 5.41) is 0. The van der Waals surface area contributed by atoms with Crippen molar-refractivity contribution in [1.82, 2.24) is 0 Å². The molecule has 1 aliphatic heterocycles. The van der Waals surface area contributed by atoms with E-state index < -0.39 is 40.9 Å². The van der Waals surface area contributed by atoms with E-state index in [-0.39, 0.29) is 6.42 Å². The average Bonchev–Trinajstić information content (AvgIpc) is 2.58. The molecule has 0 amide bonds. The highest BCUT2D eigenvalue weighted by Gasteiger charge is 2.60. The molecule has 2 rings (SSSR count). The number of hydrogen-bond acceptors (Lipinski definition) is 6. The van der Waals surface area contributed by atoms with Crippen molar-refractivity contribution in [1.29, 1.82) is 0 Å². The van der Waals surface area contributed by atoms with Crippen LogP contribution in [0.5, 0.6) is 0 Å². The zero-order valence-electron chi connectivity index (χ0n) is 17.9. The van der Waals surface area contributed by atoms with Gasteiger partial charge in [-0.15, -0.1) is 0 Å². The summed E-state index contributed by atoms with van der Waals surface area (Å²) >= 11 is 0. The van der Waals surface area contributed by atoms with Crippen LogP contribution >= 0.6 is 0 Å². The van der Waals surface area contributed by atoms with Gasteiger partial charge in [0.15, 0.2) is 11.7 Å². The van der Waals surface area contributed by atoms with Crippen LogP contribution in [0.1, 0.15) is 66.1 Å². The van der Waals surface area contributed by atoms with E-state index in [1.807, 2.05) is 30.3 Å². The second-order valence-corrected chi connectivity index (χ2v) is 9.11.